The number of amides is 1. The van der Waals surface area contributed by atoms with E-state index < -0.39 is 5.54 Å². The number of ether oxygens (including phenoxy) is 3. The highest BCUT2D eigenvalue weighted by atomic mass is 16.5. The Labute approximate surface area is 143 Å². The zero-order chi connectivity index (χ0) is 17.6. The maximum Gasteiger partial charge on any atom is 0.240 e. The Hall–Kier alpha value is -1.95. The van der Waals surface area contributed by atoms with Gasteiger partial charge in [0.1, 0.15) is 0 Å². The molecule has 1 amide bonds. The second kappa shape index (κ2) is 8.24. The summed E-state index contributed by atoms with van der Waals surface area (Å²) in [5.74, 6) is 1.75. The normalized spacial score (nSPS) is 16.3. The minimum Gasteiger partial charge on any atom is -0.493 e. The Morgan fingerprint density at radius 3 is 2.33 bits per heavy atom. The van der Waals surface area contributed by atoms with E-state index in [0.29, 0.717) is 30.2 Å². The Balaban J connectivity index is 2.00. The van der Waals surface area contributed by atoms with Gasteiger partial charge in [-0.1, -0.05) is 25.3 Å². The third-order valence-electron chi connectivity index (χ3n) is 4.66. The van der Waals surface area contributed by atoms with Crippen LogP contribution in [0.1, 0.15) is 37.7 Å². The lowest BCUT2D eigenvalue weighted by molar-refractivity contribution is -0.127. The van der Waals surface area contributed by atoms with Crippen molar-refractivity contribution in [1.29, 1.82) is 0 Å². The molecule has 0 aromatic heterocycles. The SMILES string of the molecule is COc1ccc(CCNC(=O)C2(N)CCCCC2)c(OC)c1OC. The number of nitrogens with one attached hydrogen (secondary N) is 1. The average molecular weight is 336 g/mol. The zero-order valence-electron chi connectivity index (χ0n) is 14.8. The number of hydrogen-bond acceptors (Lipinski definition) is 5. The van der Waals surface area contributed by atoms with Crippen molar-refractivity contribution >= 4 is 5.91 Å². The van der Waals surface area contributed by atoms with Crippen molar-refractivity contribution in [3.05, 3.63) is 17.7 Å². The van der Waals surface area contributed by atoms with E-state index >= 15 is 0 Å². The molecule has 134 valence electrons. The molecule has 0 aliphatic heterocycles. The van der Waals surface area contributed by atoms with Crippen LogP contribution < -0.4 is 25.3 Å². The van der Waals surface area contributed by atoms with E-state index in [0.717, 1.165) is 37.7 Å². The number of benzene rings is 1. The number of methoxy groups -OCH3 is 3. The van der Waals surface area contributed by atoms with Gasteiger partial charge in [-0.2, -0.15) is 0 Å². The Kier molecular flexibility index (Phi) is 6.31. The molecule has 0 heterocycles. The molecule has 6 nitrogen and oxygen atoms in total. The van der Waals surface area contributed by atoms with E-state index in [1.165, 1.54) is 0 Å². The lowest BCUT2D eigenvalue weighted by Crippen LogP contribution is -2.55. The van der Waals surface area contributed by atoms with E-state index in [1.807, 2.05) is 12.1 Å². The van der Waals surface area contributed by atoms with Crippen molar-refractivity contribution in [2.24, 2.45) is 5.73 Å². The quantitative estimate of drug-likeness (QED) is 0.796. The largest absolute Gasteiger partial charge is 0.493 e. The topological polar surface area (TPSA) is 82.8 Å². The highest BCUT2D eigenvalue weighted by molar-refractivity contribution is 5.86. The molecule has 0 bridgehead atoms. The maximum atomic E-state index is 12.4. The van der Waals surface area contributed by atoms with Crippen LogP contribution in [0.2, 0.25) is 0 Å². The van der Waals surface area contributed by atoms with E-state index in [9.17, 15) is 4.79 Å². The summed E-state index contributed by atoms with van der Waals surface area (Å²) in [7, 11) is 4.76. The van der Waals surface area contributed by atoms with E-state index in [1.54, 1.807) is 21.3 Å². The molecule has 0 atom stereocenters. The van der Waals surface area contributed by atoms with Crippen molar-refractivity contribution in [1.82, 2.24) is 5.32 Å². The molecule has 2 rings (SSSR count). The summed E-state index contributed by atoms with van der Waals surface area (Å²) in [6, 6.07) is 3.76. The van der Waals surface area contributed by atoms with Crippen LogP contribution in [0.25, 0.3) is 0 Å². The summed E-state index contributed by atoms with van der Waals surface area (Å²) >= 11 is 0. The molecule has 0 unspecified atom stereocenters. The van der Waals surface area contributed by atoms with Crippen molar-refractivity contribution in [2.45, 2.75) is 44.1 Å². The number of carbonyl (C=O) groups excluding carboxylic acids is 1. The van der Waals surface area contributed by atoms with E-state index in [4.69, 9.17) is 19.9 Å². The van der Waals surface area contributed by atoms with Crippen LogP contribution in [-0.2, 0) is 11.2 Å². The third-order valence-corrected chi connectivity index (χ3v) is 4.66. The van der Waals surface area contributed by atoms with E-state index in [2.05, 4.69) is 5.32 Å². The standard InChI is InChI=1S/C18H28N2O4/c1-22-14-8-7-13(15(23-2)16(14)24-3)9-12-20-17(21)18(19)10-5-4-6-11-18/h7-8H,4-6,9-12,19H2,1-3H3,(H,20,21). The average Bonchev–Trinajstić information content (AvgIpc) is 2.61. The van der Waals surface area contributed by atoms with Crippen LogP contribution in [0.4, 0.5) is 0 Å². The van der Waals surface area contributed by atoms with Gasteiger partial charge in [-0.05, 0) is 25.3 Å². The first-order chi connectivity index (χ1) is 11.6. The summed E-state index contributed by atoms with van der Waals surface area (Å²) < 4.78 is 16.1. The summed E-state index contributed by atoms with van der Waals surface area (Å²) in [5, 5.41) is 2.97. The van der Waals surface area contributed by atoms with Crippen LogP contribution in [0.3, 0.4) is 0 Å². The van der Waals surface area contributed by atoms with Crippen molar-refractivity contribution < 1.29 is 19.0 Å². The Bertz CT molecular complexity index is 568. The molecule has 1 aliphatic carbocycles. The smallest absolute Gasteiger partial charge is 0.240 e. The van der Waals surface area contributed by atoms with Crippen LogP contribution in [0, 0.1) is 0 Å². The molecular weight excluding hydrogens is 308 g/mol. The first-order valence-corrected chi connectivity index (χ1v) is 8.40. The molecule has 0 spiro atoms. The van der Waals surface area contributed by atoms with Gasteiger partial charge in [0.15, 0.2) is 11.5 Å². The minimum absolute atomic E-state index is 0.0540. The summed E-state index contributed by atoms with van der Waals surface area (Å²) in [5.41, 5.74) is 6.49. The summed E-state index contributed by atoms with van der Waals surface area (Å²) in [6.07, 6.45) is 5.36. The lowest BCUT2D eigenvalue weighted by Gasteiger charge is -2.31. The molecule has 6 heteroatoms. The second-order valence-corrected chi connectivity index (χ2v) is 6.22. The Morgan fingerprint density at radius 1 is 1.08 bits per heavy atom. The molecule has 0 radical (unpaired) electrons. The number of nitrogens with two attached hydrogens (primary N) is 1. The maximum absolute atomic E-state index is 12.4. The molecule has 1 saturated carbocycles. The van der Waals surface area contributed by atoms with Crippen LogP contribution in [0.5, 0.6) is 17.2 Å². The highest BCUT2D eigenvalue weighted by Crippen LogP contribution is 2.39. The van der Waals surface area contributed by atoms with Crippen molar-refractivity contribution in [2.75, 3.05) is 27.9 Å². The van der Waals surface area contributed by atoms with Gasteiger partial charge >= 0.3 is 0 Å². The molecule has 0 saturated heterocycles. The molecule has 1 fully saturated rings. The molecule has 1 aromatic rings. The predicted octanol–water partition coefficient (Wildman–Crippen LogP) is 2.03. The molecule has 24 heavy (non-hydrogen) atoms. The summed E-state index contributed by atoms with van der Waals surface area (Å²) in [4.78, 5) is 12.4. The number of rotatable bonds is 7. The fraction of sp³-hybridized carbons (Fsp3) is 0.611. The first-order valence-electron chi connectivity index (χ1n) is 8.40. The monoisotopic (exact) mass is 336 g/mol. The zero-order valence-corrected chi connectivity index (χ0v) is 14.8. The number of hydrogen-bond donors (Lipinski definition) is 2. The molecular formula is C18H28N2O4. The van der Waals surface area contributed by atoms with E-state index in [-0.39, 0.29) is 5.91 Å². The van der Waals surface area contributed by atoms with Gasteiger partial charge in [0.25, 0.3) is 0 Å². The van der Waals surface area contributed by atoms with Gasteiger partial charge in [-0.15, -0.1) is 0 Å². The third kappa shape index (κ3) is 3.93. The molecule has 1 aromatic carbocycles. The first kappa shape index (κ1) is 18.4. The Morgan fingerprint density at radius 2 is 1.75 bits per heavy atom. The predicted molar refractivity (Wildman–Crippen MR) is 92.8 cm³/mol. The van der Waals surface area contributed by atoms with Crippen molar-refractivity contribution in [3.63, 3.8) is 0 Å². The fourth-order valence-corrected chi connectivity index (χ4v) is 3.26. The van der Waals surface area contributed by atoms with Crippen LogP contribution in [0.15, 0.2) is 12.1 Å². The van der Waals surface area contributed by atoms with Gasteiger partial charge in [0.05, 0.1) is 26.9 Å². The fourth-order valence-electron chi connectivity index (χ4n) is 3.26. The minimum atomic E-state index is -0.708. The van der Waals surface area contributed by atoms with Gasteiger partial charge in [0, 0.05) is 12.1 Å². The molecule has 1 aliphatic rings. The van der Waals surface area contributed by atoms with Gasteiger partial charge in [-0.3, -0.25) is 4.79 Å². The summed E-state index contributed by atoms with van der Waals surface area (Å²) in [6.45, 7) is 0.504. The highest BCUT2D eigenvalue weighted by Gasteiger charge is 2.34. The lowest BCUT2D eigenvalue weighted by atomic mass is 9.82. The van der Waals surface area contributed by atoms with Crippen LogP contribution in [-0.4, -0.2) is 39.3 Å². The second-order valence-electron chi connectivity index (χ2n) is 6.22. The van der Waals surface area contributed by atoms with Crippen molar-refractivity contribution in [3.8, 4) is 17.2 Å². The molecule has 3 N–H and O–H groups in total. The number of carbonyl (C=O) groups is 1. The van der Waals surface area contributed by atoms with Gasteiger partial charge in [0.2, 0.25) is 11.7 Å². The van der Waals surface area contributed by atoms with Gasteiger partial charge < -0.3 is 25.3 Å². The van der Waals surface area contributed by atoms with Gasteiger partial charge in [-0.25, -0.2) is 0 Å². The van der Waals surface area contributed by atoms with Crippen LogP contribution >= 0.6 is 0 Å².